The van der Waals surface area contributed by atoms with Crippen LogP contribution in [0.25, 0.3) is 16.9 Å². The molecule has 1 aliphatic heterocycles. The van der Waals surface area contributed by atoms with Crippen LogP contribution in [0.3, 0.4) is 0 Å². The van der Waals surface area contributed by atoms with E-state index < -0.39 is 0 Å². The van der Waals surface area contributed by atoms with Gasteiger partial charge in [0.25, 0.3) is 5.91 Å². The van der Waals surface area contributed by atoms with Crippen molar-refractivity contribution in [2.45, 2.75) is 26.7 Å². The number of carbonyl (C=O) groups excluding carboxylic acids is 1. The third kappa shape index (κ3) is 3.65. The van der Waals surface area contributed by atoms with Gasteiger partial charge in [0.15, 0.2) is 0 Å². The molecule has 4 heteroatoms. The van der Waals surface area contributed by atoms with Gasteiger partial charge in [0.05, 0.1) is 11.4 Å². The number of hydrogen-bond acceptors (Lipinski definition) is 2. The molecule has 138 valence electrons. The Labute approximate surface area is 160 Å². The van der Waals surface area contributed by atoms with Crippen LogP contribution >= 0.6 is 0 Å². The SMILES string of the molecule is Cc1cccc(-n2nc(-c3ccccc3)cc2C(=O)N2CCC(C)CC2)c1. The van der Waals surface area contributed by atoms with Crippen molar-refractivity contribution in [1.82, 2.24) is 14.7 Å². The van der Waals surface area contributed by atoms with Crippen molar-refractivity contribution in [3.8, 4) is 16.9 Å². The van der Waals surface area contributed by atoms with Crippen molar-refractivity contribution in [3.63, 3.8) is 0 Å². The molecule has 1 aromatic heterocycles. The highest BCUT2D eigenvalue weighted by molar-refractivity contribution is 5.94. The fourth-order valence-electron chi connectivity index (χ4n) is 3.61. The molecule has 0 N–H and O–H groups in total. The second-order valence-electron chi connectivity index (χ2n) is 7.51. The highest BCUT2D eigenvalue weighted by Gasteiger charge is 2.25. The van der Waals surface area contributed by atoms with Gasteiger partial charge in [-0.3, -0.25) is 4.79 Å². The van der Waals surface area contributed by atoms with Gasteiger partial charge in [0.1, 0.15) is 5.69 Å². The van der Waals surface area contributed by atoms with E-state index in [4.69, 9.17) is 5.10 Å². The number of nitrogens with zero attached hydrogens (tertiary/aromatic N) is 3. The molecule has 1 aliphatic rings. The second-order valence-corrected chi connectivity index (χ2v) is 7.51. The van der Waals surface area contributed by atoms with E-state index in [1.807, 2.05) is 53.4 Å². The first-order valence-electron chi connectivity index (χ1n) is 9.63. The predicted octanol–water partition coefficient (Wildman–Crippen LogP) is 4.72. The van der Waals surface area contributed by atoms with E-state index >= 15 is 0 Å². The zero-order valence-corrected chi connectivity index (χ0v) is 15.9. The Kier molecular flexibility index (Phi) is 4.80. The molecule has 1 saturated heterocycles. The van der Waals surface area contributed by atoms with Gasteiger partial charge in [0, 0.05) is 18.7 Å². The number of rotatable bonds is 3. The number of aryl methyl sites for hydroxylation is 1. The normalized spacial score (nSPS) is 15.1. The van der Waals surface area contributed by atoms with Gasteiger partial charge in [-0.1, -0.05) is 49.4 Å². The number of benzene rings is 2. The molecule has 0 radical (unpaired) electrons. The van der Waals surface area contributed by atoms with Gasteiger partial charge in [0.2, 0.25) is 0 Å². The Hall–Kier alpha value is -2.88. The predicted molar refractivity (Wildman–Crippen MR) is 108 cm³/mol. The van der Waals surface area contributed by atoms with Gasteiger partial charge < -0.3 is 4.90 Å². The zero-order valence-electron chi connectivity index (χ0n) is 15.9. The average Bonchev–Trinajstić information content (AvgIpc) is 3.14. The number of hydrogen-bond donors (Lipinski definition) is 0. The van der Waals surface area contributed by atoms with E-state index in [1.165, 1.54) is 0 Å². The number of likely N-dealkylation sites (tertiary alicyclic amines) is 1. The summed E-state index contributed by atoms with van der Waals surface area (Å²) in [7, 11) is 0. The topological polar surface area (TPSA) is 38.1 Å². The summed E-state index contributed by atoms with van der Waals surface area (Å²) in [5.41, 5.74) is 4.55. The van der Waals surface area contributed by atoms with Crippen molar-refractivity contribution >= 4 is 5.91 Å². The fourth-order valence-corrected chi connectivity index (χ4v) is 3.61. The summed E-state index contributed by atoms with van der Waals surface area (Å²) in [5, 5.41) is 4.79. The molecule has 0 bridgehead atoms. The van der Waals surface area contributed by atoms with Crippen LogP contribution in [0.4, 0.5) is 0 Å². The molecule has 0 aliphatic carbocycles. The molecule has 0 atom stereocenters. The summed E-state index contributed by atoms with van der Waals surface area (Å²) in [4.78, 5) is 15.3. The van der Waals surface area contributed by atoms with Crippen molar-refractivity contribution < 1.29 is 4.79 Å². The van der Waals surface area contributed by atoms with Gasteiger partial charge in [-0.25, -0.2) is 4.68 Å². The van der Waals surface area contributed by atoms with Crippen molar-refractivity contribution in [2.75, 3.05) is 13.1 Å². The molecule has 2 aromatic carbocycles. The summed E-state index contributed by atoms with van der Waals surface area (Å²) in [6.45, 7) is 5.95. The first kappa shape index (κ1) is 17.5. The highest BCUT2D eigenvalue weighted by atomic mass is 16.2. The number of carbonyl (C=O) groups is 1. The lowest BCUT2D eigenvalue weighted by atomic mass is 9.99. The van der Waals surface area contributed by atoms with Crippen LogP contribution in [-0.4, -0.2) is 33.7 Å². The zero-order chi connectivity index (χ0) is 18.8. The van der Waals surface area contributed by atoms with Gasteiger partial charge in [-0.2, -0.15) is 5.10 Å². The lowest BCUT2D eigenvalue weighted by molar-refractivity contribution is 0.0688. The molecule has 0 unspecified atom stereocenters. The highest BCUT2D eigenvalue weighted by Crippen LogP contribution is 2.25. The van der Waals surface area contributed by atoms with Crippen LogP contribution in [0, 0.1) is 12.8 Å². The minimum atomic E-state index is 0.0677. The van der Waals surface area contributed by atoms with Gasteiger partial charge >= 0.3 is 0 Å². The molecular formula is C23H25N3O. The molecule has 0 saturated carbocycles. The Balaban J connectivity index is 1.76. The molecule has 1 amide bonds. The van der Waals surface area contributed by atoms with Crippen LogP contribution < -0.4 is 0 Å². The standard InChI is InChI=1S/C23H25N3O/c1-17-11-13-25(14-12-17)23(27)22-16-21(19-8-4-3-5-9-19)24-26(22)20-10-6-7-18(2)15-20/h3-10,15-17H,11-14H2,1-2H3. The number of aromatic nitrogens is 2. The van der Waals surface area contributed by atoms with E-state index in [0.29, 0.717) is 11.6 Å². The quantitative estimate of drug-likeness (QED) is 0.679. The molecule has 4 nitrogen and oxygen atoms in total. The Bertz CT molecular complexity index is 937. The molecule has 1 fully saturated rings. The van der Waals surface area contributed by atoms with Crippen molar-refractivity contribution in [1.29, 1.82) is 0 Å². The molecule has 2 heterocycles. The summed E-state index contributed by atoms with van der Waals surface area (Å²) in [5.74, 6) is 0.758. The minimum absolute atomic E-state index is 0.0677. The fraction of sp³-hybridized carbons (Fsp3) is 0.304. The maximum atomic E-state index is 13.3. The van der Waals surface area contributed by atoms with E-state index in [2.05, 4.69) is 26.0 Å². The van der Waals surface area contributed by atoms with Crippen LogP contribution in [-0.2, 0) is 0 Å². The molecule has 3 aromatic rings. The summed E-state index contributed by atoms with van der Waals surface area (Å²) < 4.78 is 1.80. The summed E-state index contributed by atoms with van der Waals surface area (Å²) >= 11 is 0. The minimum Gasteiger partial charge on any atom is -0.337 e. The van der Waals surface area contributed by atoms with Gasteiger partial charge in [-0.05, 0) is 49.4 Å². The Morgan fingerprint density at radius 1 is 1.00 bits per heavy atom. The monoisotopic (exact) mass is 359 g/mol. The van der Waals surface area contributed by atoms with Crippen LogP contribution in [0.2, 0.25) is 0 Å². The van der Waals surface area contributed by atoms with Crippen LogP contribution in [0.5, 0.6) is 0 Å². The van der Waals surface area contributed by atoms with Crippen LogP contribution in [0.15, 0.2) is 60.7 Å². The maximum Gasteiger partial charge on any atom is 0.272 e. The first-order valence-corrected chi connectivity index (χ1v) is 9.63. The largest absolute Gasteiger partial charge is 0.337 e. The maximum absolute atomic E-state index is 13.3. The first-order chi connectivity index (χ1) is 13.1. The molecule has 4 rings (SSSR count). The third-order valence-electron chi connectivity index (χ3n) is 5.32. The van der Waals surface area contributed by atoms with E-state index in [9.17, 15) is 4.79 Å². The smallest absolute Gasteiger partial charge is 0.272 e. The Morgan fingerprint density at radius 3 is 2.44 bits per heavy atom. The van der Waals surface area contributed by atoms with Crippen molar-refractivity contribution in [2.24, 2.45) is 5.92 Å². The Morgan fingerprint density at radius 2 is 1.74 bits per heavy atom. The van der Waals surface area contributed by atoms with E-state index in [0.717, 1.165) is 48.4 Å². The second kappa shape index (κ2) is 7.39. The van der Waals surface area contributed by atoms with E-state index in [1.54, 1.807) is 4.68 Å². The lowest BCUT2D eigenvalue weighted by Gasteiger charge is -2.30. The van der Waals surface area contributed by atoms with Crippen molar-refractivity contribution in [3.05, 3.63) is 71.9 Å². The third-order valence-corrected chi connectivity index (χ3v) is 5.32. The van der Waals surface area contributed by atoms with Gasteiger partial charge in [-0.15, -0.1) is 0 Å². The van der Waals surface area contributed by atoms with Crippen LogP contribution in [0.1, 0.15) is 35.8 Å². The molecule has 27 heavy (non-hydrogen) atoms. The summed E-state index contributed by atoms with van der Waals surface area (Å²) in [6.07, 6.45) is 2.13. The summed E-state index contributed by atoms with van der Waals surface area (Å²) in [6, 6.07) is 20.1. The molecule has 0 spiro atoms. The molecular weight excluding hydrogens is 334 g/mol. The lowest BCUT2D eigenvalue weighted by Crippen LogP contribution is -2.38. The number of piperidine rings is 1. The average molecular weight is 359 g/mol. The van der Waals surface area contributed by atoms with E-state index in [-0.39, 0.29) is 5.91 Å². The number of amides is 1.